The number of hydrogen-bond donors (Lipinski definition) is 0. The van der Waals surface area contributed by atoms with E-state index >= 15 is 0 Å². The molecular weight excluding hydrogens is 560 g/mol. The van der Waals surface area contributed by atoms with Gasteiger partial charge in [-0.05, 0) is 57.9 Å². The summed E-state index contributed by atoms with van der Waals surface area (Å²) in [4.78, 5) is 10.8. The van der Waals surface area contributed by atoms with Crippen LogP contribution in [0.25, 0.3) is 88.2 Å². The van der Waals surface area contributed by atoms with Crippen molar-refractivity contribution >= 4 is 65.3 Å². The Hall–Kier alpha value is -6.26. The molecule has 0 atom stereocenters. The fourth-order valence-electron chi connectivity index (χ4n) is 7.25. The van der Waals surface area contributed by atoms with Crippen molar-refractivity contribution < 1.29 is 0 Å². The number of rotatable bonds is 3. The number of fused-ring (bicyclic) bond motifs is 9. The van der Waals surface area contributed by atoms with E-state index in [9.17, 15) is 0 Å². The van der Waals surface area contributed by atoms with Crippen LogP contribution in [-0.4, -0.2) is 19.1 Å². The lowest BCUT2D eigenvalue weighted by atomic mass is 10.0. The minimum absolute atomic E-state index is 0.704. The molecule has 0 fully saturated rings. The van der Waals surface area contributed by atoms with Crippen LogP contribution in [0.2, 0.25) is 0 Å². The maximum Gasteiger partial charge on any atom is 0.166 e. The first-order chi connectivity index (χ1) is 22.8. The lowest BCUT2D eigenvalue weighted by molar-refractivity contribution is 1.05. The second-order valence-corrected chi connectivity index (χ2v) is 11.9. The number of aromatic nitrogens is 4. The van der Waals surface area contributed by atoms with Crippen LogP contribution in [0.3, 0.4) is 0 Å². The Morgan fingerprint density at radius 1 is 0.413 bits per heavy atom. The first-order valence-corrected chi connectivity index (χ1v) is 15.6. The predicted octanol–water partition coefficient (Wildman–Crippen LogP) is 10.6. The quantitative estimate of drug-likeness (QED) is 0.206. The van der Waals surface area contributed by atoms with Gasteiger partial charge in [0, 0.05) is 27.4 Å². The monoisotopic (exact) mass is 586 g/mol. The summed E-state index contributed by atoms with van der Waals surface area (Å²) >= 11 is 0. The van der Waals surface area contributed by atoms with Crippen LogP contribution in [0.5, 0.6) is 0 Å². The second-order valence-electron chi connectivity index (χ2n) is 11.9. The molecule has 4 nitrogen and oxygen atoms in total. The van der Waals surface area contributed by atoms with Crippen LogP contribution in [0.4, 0.5) is 0 Å². The Bertz CT molecular complexity index is 2790. The zero-order valence-corrected chi connectivity index (χ0v) is 24.8. The highest BCUT2D eigenvalue weighted by Gasteiger charge is 2.24. The molecule has 0 aliphatic heterocycles. The van der Waals surface area contributed by atoms with E-state index in [4.69, 9.17) is 9.97 Å². The summed E-state index contributed by atoms with van der Waals surface area (Å²) in [6.07, 6.45) is 0. The molecule has 214 valence electrons. The smallest absolute Gasteiger partial charge is 0.166 e. The second kappa shape index (κ2) is 9.62. The lowest BCUT2D eigenvalue weighted by Gasteiger charge is -2.14. The van der Waals surface area contributed by atoms with Gasteiger partial charge in [0.1, 0.15) is 11.0 Å². The molecule has 0 saturated carbocycles. The Morgan fingerprint density at radius 2 is 1.07 bits per heavy atom. The van der Waals surface area contributed by atoms with Gasteiger partial charge in [-0.2, -0.15) is 0 Å². The molecule has 0 spiro atoms. The van der Waals surface area contributed by atoms with Crippen molar-refractivity contribution in [2.45, 2.75) is 0 Å². The van der Waals surface area contributed by atoms with Crippen molar-refractivity contribution in [3.05, 3.63) is 158 Å². The molecule has 3 aromatic heterocycles. The summed E-state index contributed by atoms with van der Waals surface area (Å²) in [7, 11) is 0. The molecule has 0 aliphatic rings. The summed E-state index contributed by atoms with van der Waals surface area (Å²) in [5.41, 5.74) is 7.30. The number of para-hydroxylation sites is 2. The molecule has 10 rings (SSSR count). The predicted molar refractivity (Wildman–Crippen MR) is 191 cm³/mol. The molecule has 4 heteroatoms. The third-order valence-electron chi connectivity index (χ3n) is 9.27. The number of hydrogen-bond acceptors (Lipinski definition) is 2. The van der Waals surface area contributed by atoms with Gasteiger partial charge in [-0.25, -0.2) is 9.97 Å². The Labute approximate surface area is 264 Å². The molecule has 0 N–H and O–H groups in total. The molecular formula is C42H26N4. The van der Waals surface area contributed by atoms with Gasteiger partial charge >= 0.3 is 0 Å². The first-order valence-electron chi connectivity index (χ1n) is 15.6. The summed E-state index contributed by atoms with van der Waals surface area (Å²) in [6.45, 7) is 0. The third kappa shape index (κ3) is 3.55. The SMILES string of the molecule is c1ccc(-c2nc(-n3c4ccccc4c4c5ccccc5ccc43)c3c(n2)c2cc4ccccc4cc2n3-c2ccccc2)cc1. The van der Waals surface area contributed by atoms with Crippen molar-refractivity contribution in [2.24, 2.45) is 0 Å². The molecule has 0 unspecified atom stereocenters. The topological polar surface area (TPSA) is 35.6 Å². The maximum atomic E-state index is 5.48. The zero-order valence-electron chi connectivity index (χ0n) is 24.8. The highest BCUT2D eigenvalue weighted by Crippen LogP contribution is 2.41. The van der Waals surface area contributed by atoms with Crippen LogP contribution in [0, 0.1) is 0 Å². The van der Waals surface area contributed by atoms with Gasteiger partial charge in [0.15, 0.2) is 11.6 Å². The molecule has 0 radical (unpaired) electrons. The van der Waals surface area contributed by atoms with Crippen molar-refractivity contribution in [3.63, 3.8) is 0 Å². The van der Waals surface area contributed by atoms with Crippen molar-refractivity contribution in [2.75, 3.05) is 0 Å². The number of nitrogens with zero attached hydrogens (tertiary/aromatic N) is 4. The van der Waals surface area contributed by atoms with E-state index in [1.54, 1.807) is 0 Å². The third-order valence-corrected chi connectivity index (χ3v) is 9.27. The van der Waals surface area contributed by atoms with Gasteiger partial charge in [0.05, 0.1) is 16.6 Å². The molecule has 46 heavy (non-hydrogen) atoms. The first kappa shape index (κ1) is 25.1. The molecule has 0 bridgehead atoms. The Balaban J connectivity index is 1.47. The number of benzene rings is 7. The highest BCUT2D eigenvalue weighted by molar-refractivity contribution is 6.22. The van der Waals surface area contributed by atoms with Crippen molar-refractivity contribution in [1.82, 2.24) is 19.1 Å². The molecule has 3 heterocycles. The fraction of sp³-hybridized carbons (Fsp3) is 0. The Morgan fingerprint density at radius 3 is 1.87 bits per heavy atom. The molecule has 0 amide bonds. The zero-order chi connectivity index (χ0) is 30.2. The van der Waals surface area contributed by atoms with Gasteiger partial charge in [0.2, 0.25) is 0 Å². The van der Waals surface area contributed by atoms with Crippen LogP contribution in [0.15, 0.2) is 158 Å². The van der Waals surface area contributed by atoms with E-state index in [2.05, 4.69) is 161 Å². The van der Waals surface area contributed by atoms with Crippen LogP contribution >= 0.6 is 0 Å². The largest absolute Gasteiger partial charge is 0.305 e. The van der Waals surface area contributed by atoms with Gasteiger partial charge < -0.3 is 4.57 Å². The van der Waals surface area contributed by atoms with Gasteiger partial charge in [0.25, 0.3) is 0 Å². The fourth-order valence-corrected chi connectivity index (χ4v) is 7.25. The van der Waals surface area contributed by atoms with E-state index in [-0.39, 0.29) is 0 Å². The van der Waals surface area contributed by atoms with Crippen LogP contribution < -0.4 is 0 Å². The lowest BCUT2D eigenvalue weighted by Crippen LogP contribution is -2.05. The highest BCUT2D eigenvalue weighted by atomic mass is 15.1. The molecule has 0 saturated heterocycles. The van der Waals surface area contributed by atoms with E-state index in [1.807, 2.05) is 6.07 Å². The van der Waals surface area contributed by atoms with E-state index in [0.29, 0.717) is 5.82 Å². The standard InChI is InChI=1S/C42H26N4/c1-3-14-28(15-4-1)41-43-39-34-25-29-16-7-8-17-30(29)26-37(34)45(31-18-5-2-6-19-31)40(39)42(44-41)46-35-22-12-11-21-33(35)38-32-20-10-9-13-27(32)23-24-36(38)46/h1-26H. The normalized spacial score (nSPS) is 11.9. The average molecular weight is 587 g/mol. The summed E-state index contributed by atoms with van der Waals surface area (Å²) in [6, 6.07) is 55.9. The maximum absolute atomic E-state index is 5.48. The minimum atomic E-state index is 0.704. The molecule has 0 aliphatic carbocycles. The summed E-state index contributed by atoms with van der Waals surface area (Å²) < 4.78 is 4.70. The summed E-state index contributed by atoms with van der Waals surface area (Å²) in [5.74, 6) is 1.56. The van der Waals surface area contributed by atoms with Gasteiger partial charge in [-0.15, -0.1) is 0 Å². The Kier molecular flexibility index (Phi) is 5.25. The molecule has 7 aromatic carbocycles. The van der Waals surface area contributed by atoms with Crippen LogP contribution in [0.1, 0.15) is 0 Å². The minimum Gasteiger partial charge on any atom is -0.305 e. The van der Waals surface area contributed by atoms with Crippen molar-refractivity contribution in [1.29, 1.82) is 0 Å². The average Bonchev–Trinajstić information content (AvgIpc) is 3.64. The van der Waals surface area contributed by atoms with Gasteiger partial charge in [-0.1, -0.05) is 121 Å². The summed E-state index contributed by atoms with van der Waals surface area (Å²) in [5, 5.41) is 8.37. The van der Waals surface area contributed by atoms with E-state index < -0.39 is 0 Å². The van der Waals surface area contributed by atoms with Crippen LogP contribution in [-0.2, 0) is 0 Å². The van der Waals surface area contributed by atoms with E-state index in [1.165, 1.54) is 32.3 Å². The molecule has 10 aromatic rings. The van der Waals surface area contributed by atoms with Gasteiger partial charge in [-0.3, -0.25) is 4.57 Å². The van der Waals surface area contributed by atoms with Crippen molar-refractivity contribution in [3.8, 4) is 22.9 Å². The van der Waals surface area contributed by atoms with E-state index in [0.717, 1.165) is 50.0 Å².